The number of imidazole rings is 1. The van der Waals surface area contributed by atoms with Crippen molar-refractivity contribution >= 4 is 27.8 Å². The number of aromatic carboxylic acids is 1. The molecule has 1 aliphatic heterocycles. The Morgan fingerprint density at radius 1 is 0.851 bits per heavy atom. The van der Waals surface area contributed by atoms with Gasteiger partial charge < -0.3 is 9.67 Å². The molecule has 4 aromatic carbocycles. The molecular weight excluding hydrogens is 612 g/mol. The smallest absolute Gasteiger partial charge is 0.335 e. The van der Waals surface area contributed by atoms with Crippen molar-refractivity contribution in [3.05, 3.63) is 126 Å². The van der Waals surface area contributed by atoms with Gasteiger partial charge in [-0.1, -0.05) is 79.9 Å². The standard InChI is InChI=1S/C37H34N4O5S/c42-36-24-41(47(45,46)39-36)31-18-16-30(17-19-31)40-23-34(28-12-14-29(15-13-28)37(43)44)38-35(40)22-25-11-20-32(26-7-3-1-4-8-26)33(21-25)27-9-5-2-6-10-27/h1,3-4,7-8,11-21,23,27H,2,5-6,9-10,22,24H2,(H,39,42)(H,43,44). The van der Waals surface area contributed by atoms with Crippen molar-refractivity contribution in [2.45, 2.75) is 44.4 Å². The van der Waals surface area contributed by atoms with E-state index in [1.807, 2.05) is 33.7 Å². The Bertz CT molecular complexity index is 2050. The van der Waals surface area contributed by atoms with Crippen molar-refractivity contribution in [2.24, 2.45) is 0 Å². The molecule has 1 amide bonds. The Hall–Kier alpha value is -5.22. The van der Waals surface area contributed by atoms with E-state index in [0.29, 0.717) is 23.7 Å². The van der Waals surface area contributed by atoms with Crippen LogP contribution in [0.15, 0.2) is 103 Å². The number of carbonyl (C=O) groups is 2. The molecular formula is C37H34N4O5S. The maximum Gasteiger partial charge on any atom is 0.335 e. The van der Waals surface area contributed by atoms with Crippen molar-refractivity contribution in [3.63, 3.8) is 0 Å². The zero-order chi connectivity index (χ0) is 32.5. The topological polar surface area (TPSA) is 122 Å². The lowest BCUT2D eigenvalue weighted by Gasteiger charge is -2.25. The van der Waals surface area contributed by atoms with E-state index in [-0.39, 0.29) is 12.1 Å². The first-order chi connectivity index (χ1) is 22.7. The van der Waals surface area contributed by atoms with Crippen molar-refractivity contribution < 1.29 is 23.1 Å². The second-order valence-corrected chi connectivity index (χ2v) is 13.7. The molecule has 7 rings (SSSR count). The van der Waals surface area contributed by atoms with Gasteiger partial charge in [0.15, 0.2) is 0 Å². The Labute approximate surface area is 273 Å². The van der Waals surface area contributed by atoms with E-state index in [9.17, 15) is 23.1 Å². The second-order valence-electron chi connectivity index (χ2n) is 12.1. The van der Waals surface area contributed by atoms with Gasteiger partial charge in [-0.2, -0.15) is 8.42 Å². The first-order valence-electron chi connectivity index (χ1n) is 15.8. The monoisotopic (exact) mass is 646 g/mol. The van der Waals surface area contributed by atoms with Crippen LogP contribution in [0.3, 0.4) is 0 Å². The van der Waals surface area contributed by atoms with E-state index in [1.165, 1.54) is 48.8 Å². The zero-order valence-electron chi connectivity index (χ0n) is 25.7. The van der Waals surface area contributed by atoms with Crippen LogP contribution < -0.4 is 9.03 Å². The van der Waals surface area contributed by atoms with Gasteiger partial charge in [-0.05, 0) is 77.4 Å². The summed E-state index contributed by atoms with van der Waals surface area (Å²) in [5.74, 6) is -0.289. The summed E-state index contributed by atoms with van der Waals surface area (Å²) in [6.07, 6.45) is 8.55. The van der Waals surface area contributed by atoms with Crippen LogP contribution in [-0.4, -0.2) is 41.5 Å². The molecule has 0 unspecified atom stereocenters. The third kappa shape index (κ3) is 6.29. The van der Waals surface area contributed by atoms with Crippen molar-refractivity contribution in [1.82, 2.24) is 14.3 Å². The number of nitrogens with zero attached hydrogens (tertiary/aromatic N) is 3. The Morgan fingerprint density at radius 2 is 1.55 bits per heavy atom. The fraction of sp³-hybridized carbons (Fsp3) is 0.216. The van der Waals surface area contributed by atoms with Gasteiger partial charge in [-0.3, -0.25) is 4.79 Å². The van der Waals surface area contributed by atoms with Crippen LogP contribution >= 0.6 is 0 Å². The third-order valence-corrected chi connectivity index (χ3v) is 10.5. The van der Waals surface area contributed by atoms with Gasteiger partial charge in [0.05, 0.1) is 16.9 Å². The number of rotatable bonds is 8. The lowest BCUT2D eigenvalue weighted by molar-refractivity contribution is -0.117. The molecule has 1 aliphatic carbocycles. The molecule has 2 heterocycles. The lowest BCUT2D eigenvalue weighted by Crippen LogP contribution is -2.29. The molecule has 5 aromatic rings. The first-order valence-corrected chi connectivity index (χ1v) is 17.2. The summed E-state index contributed by atoms with van der Waals surface area (Å²) in [7, 11) is -3.92. The summed E-state index contributed by atoms with van der Waals surface area (Å²) in [6, 6.07) is 30.9. The minimum Gasteiger partial charge on any atom is -0.478 e. The molecule has 2 fully saturated rings. The van der Waals surface area contributed by atoms with Crippen LogP contribution in [0, 0.1) is 0 Å². The molecule has 1 aromatic heterocycles. The van der Waals surface area contributed by atoms with Crippen LogP contribution in [0.5, 0.6) is 0 Å². The van der Waals surface area contributed by atoms with E-state index >= 15 is 0 Å². The minimum absolute atomic E-state index is 0.197. The van der Waals surface area contributed by atoms with Crippen LogP contribution in [0.25, 0.3) is 28.1 Å². The maximum absolute atomic E-state index is 12.4. The van der Waals surface area contributed by atoms with Gasteiger partial charge in [0, 0.05) is 23.9 Å². The number of aromatic nitrogens is 2. The molecule has 238 valence electrons. The minimum atomic E-state index is -3.92. The van der Waals surface area contributed by atoms with Crippen molar-refractivity contribution in [2.75, 3.05) is 10.8 Å². The number of carboxylic acid groups (broad SMARTS) is 1. The van der Waals surface area contributed by atoms with Gasteiger partial charge >= 0.3 is 16.2 Å². The fourth-order valence-corrected chi connectivity index (χ4v) is 7.83. The highest BCUT2D eigenvalue weighted by Gasteiger charge is 2.34. The first kappa shape index (κ1) is 30.4. The van der Waals surface area contributed by atoms with E-state index in [0.717, 1.165) is 26.9 Å². The quantitative estimate of drug-likeness (QED) is 0.193. The number of hydrogen-bond acceptors (Lipinski definition) is 5. The molecule has 0 atom stereocenters. The molecule has 0 spiro atoms. The number of benzene rings is 4. The molecule has 10 heteroatoms. The molecule has 2 N–H and O–H groups in total. The van der Waals surface area contributed by atoms with Gasteiger partial charge in [0.2, 0.25) is 0 Å². The third-order valence-electron chi connectivity index (χ3n) is 9.05. The molecule has 0 bridgehead atoms. The molecule has 0 radical (unpaired) electrons. The summed E-state index contributed by atoms with van der Waals surface area (Å²) in [5, 5.41) is 9.38. The Kier molecular flexibility index (Phi) is 8.11. The van der Waals surface area contributed by atoms with E-state index < -0.39 is 22.1 Å². The predicted molar refractivity (Wildman–Crippen MR) is 181 cm³/mol. The summed E-state index contributed by atoms with van der Waals surface area (Å²) in [5.41, 5.74) is 7.80. The van der Waals surface area contributed by atoms with E-state index in [4.69, 9.17) is 4.98 Å². The average molecular weight is 647 g/mol. The van der Waals surface area contributed by atoms with Crippen LogP contribution in [0.2, 0.25) is 0 Å². The SMILES string of the molecule is O=C1CN(c2ccc(-n3cc(-c4ccc(C(=O)O)cc4)nc3Cc3ccc(-c4ccccc4)c(C4CCCCC4)c3)cc2)S(=O)(=O)N1. The normalized spacial score (nSPS) is 16.3. The maximum atomic E-state index is 12.4. The van der Waals surface area contributed by atoms with Gasteiger partial charge in [-0.15, -0.1) is 0 Å². The average Bonchev–Trinajstić information content (AvgIpc) is 3.64. The lowest BCUT2D eigenvalue weighted by atomic mass is 9.80. The van der Waals surface area contributed by atoms with Gasteiger partial charge in [0.1, 0.15) is 12.4 Å². The van der Waals surface area contributed by atoms with Crippen molar-refractivity contribution in [3.8, 4) is 28.1 Å². The Morgan fingerprint density at radius 3 is 2.21 bits per heavy atom. The number of carboxylic acids is 1. The Balaban J connectivity index is 1.28. The summed E-state index contributed by atoms with van der Waals surface area (Å²) in [6.45, 7) is -0.267. The molecule has 2 aliphatic rings. The summed E-state index contributed by atoms with van der Waals surface area (Å²) < 4.78 is 29.9. The highest BCUT2D eigenvalue weighted by Crippen LogP contribution is 2.39. The van der Waals surface area contributed by atoms with Gasteiger partial charge in [-0.25, -0.2) is 18.8 Å². The molecule has 9 nitrogen and oxygen atoms in total. The predicted octanol–water partition coefficient (Wildman–Crippen LogP) is 6.72. The largest absolute Gasteiger partial charge is 0.478 e. The summed E-state index contributed by atoms with van der Waals surface area (Å²) in [4.78, 5) is 28.3. The number of amides is 1. The molecule has 47 heavy (non-hydrogen) atoms. The zero-order valence-corrected chi connectivity index (χ0v) is 26.5. The molecule has 1 saturated heterocycles. The fourth-order valence-electron chi connectivity index (χ4n) is 6.68. The second kappa shape index (κ2) is 12.5. The van der Waals surface area contributed by atoms with Gasteiger partial charge in [0.25, 0.3) is 5.91 Å². The van der Waals surface area contributed by atoms with Crippen LogP contribution in [0.4, 0.5) is 5.69 Å². The van der Waals surface area contributed by atoms with Crippen LogP contribution in [-0.2, 0) is 21.4 Å². The van der Waals surface area contributed by atoms with Crippen molar-refractivity contribution in [1.29, 1.82) is 0 Å². The number of carbonyl (C=O) groups excluding carboxylic acids is 1. The summed E-state index contributed by atoms with van der Waals surface area (Å²) >= 11 is 0. The number of anilines is 1. The van der Waals surface area contributed by atoms with E-state index in [1.54, 1.807) is 36.4 Å². The number of hydrogen-bond donors (Lipinski definition) is 2. The highest BCUT2D eigenvalue weighted by molar-refractivity contribution is 7.92. The highest BCUT2D eigenvalue weighted by atomic mass is 32.2. The van der Waals surface area contributed by atoms with Crippen LogP contribution in [0.1, 0.15) is 65.3 Å². The molecule has 1 saturated carbocycles. The van der Waals surface area contributed by atoms with E-state index in [2.05, 4.69) is 42.5 Å². The number of nitrogens with one attached hydrogen (secondary N) is 1.